The average Bonchev–Trinajstić information content (AvgIpc) is 2.49. The van der Waals surface area contributed by atoms with Crippen molar-refractivity contribution in [3.05, 3.63) is 65.2 Å². The first-order chi connectivity index (χ1) is 10.4. The van der Waals surface area contributed by atoms with Crippen molar-refractivity contribution in [2.75, 3.05) is 0 Å². The third-order valence-electron chi connectivity index (χ3n) is 3.40. The minimum absolute atomic E-state index is 0.561. The quantitative estimate of drug-likeness (QED) is 0.773. The Kier molecular flexibility index (Phi) is 5.24. The summed E-state index contributed by atoms with van der Waals surface area (Å²) in [6.07, 6.45) is 0.838. The molecule has 2 aromatic carbocycles. The van der Waals surface area contributed by atoms with Crippen LogP contribution < -0.4 is 4.74 Å². The van der Waals surface area contributed by atoms with E-state index in [1.54, 1.807) is 0 Å². The van der Waals surface area contributed by atoms with Gasteiger partial charge in [0.1, 0.15) is 5.75 Å². The Balaban J connectivity index is 2.03. The Morgan fingerprint density at radius 2 is 1.45 bits per heavy atom. The van der Waals surface area contributed by atoms with Gasteiger partial charge in [0, 0.05) is 5.33 Å². The van der Waals surface area contributed by atoms with Gasteiger partial charge in [0.15, 0.2) is 5.60 Å². The average molecular weight is 363 g/mol. The lowest BCUT2D eigenvalue weighted by atomic mass is 10.0. The largest absolute Gasteiger partial charge is 0.478 e. The molecule has 0 bridgehead atoms. The predicted molar refractivity (Wildman–Crippen MR) is 90.7 cm³/mol. The van der Waals surface area contributed by atoms with Crippen LogP contribution in [0.15, 0.2) is 48.5 Å². The van der Waals surface area contributed by atoms with Gasteiger partial charge in [-0.05, 0) is 49.1 Å². The van der Waals surface area contributed by atoms with Gasteiger partial charge >= 0.3 is 5.97 Å². The lowest BCUT2D eigenvalue weighted by Crippen LogP contribution is -2.37. The molecule has 0 aliphatic carbocycles. The molecule has 0 fully saturated rings. The molecule has 0 saturated heterocycles. The van der Waals surface area contributed by atoms with Gasteiger partial charge in [-0.2, -0.15) is 0 Å². The van der Waals surface area contributed by atoms with E-state index >= 15 is 0 Å². The molecular weight excluding hydrogens is 344 g/mol. The molecule has 0 aliphatic heterocycles. The molecule has 3 nitrogen and oxygen atoms in total. The van der Waals surface area contributed by atoms with Gasteiger partial charge < -0.3 is 9.84 Å². The van der Waals surface area contributed by atoms with E-state index in [1.807, 2.05) is 24.3 Å². The second kappa shape index (κ2) is 6.97. The Hall–Kier alpha value is -1.81. The maximum absolute atomic E-state index is 11.1. The number of carbonyl (C=O) groups is 1. The van der Waals surface area contributed by atoms with E-state index in [0.29, 0.717) is 5.75 Å². The summed E-state index contributed by atoms with van der Waals surface area (Å²) in [5.74, 6) is -0.422. The highest BCUT2D eigenvalue weighted by atomic mass is 79.9. The van der Waals surface area contributed by atoms with Gasteiger partial charge in [-0.25, -0.2) is 4.79 Å². The number of carboxylic acids is 1. The monoisotopic (exact) mass is 362 g/mol. The van der Waals surface area contributed by atoms with Gasteiger partial charge in [-0.15, -0.1) is 0 Å². The number of hydrogen-bond acceptors (Lipinski definition) is 2. The van der Waals surface area contributed by atoms with Crippen LogP contribution >= 0.6 is 15.9 Å². The summed E-state index contributed by atoms with van der Waals surface area (Å²) in [6.45, 7) is 3.07. The second-order valence-electron chi connectivity index (χ2n) is 5.69. The SMILES string of the molecule is CC(C)(Oc1ccc(Cc2ccc(CBr)cc2)cc1)C(=O)O. The fourth-order valence-corrected chi connectivity index (χ4v) is 2.37. The molecule has 0 saturated carbocycles. The van der Waals surface area contributed by atoms with Crippen LogP contribution in [0.5, 0.6) is 5.75 Å². The van der Waals surface area contributed by atoms with Crippen LogP contribution in [0.2, 0.25) is 0 Å². The molecule has 0 heterocycles. The van der Waals surface area contributed by atoms with Crippen LogP contribution in [0, 0.1) is 0 Å². The molecule has 0 radical (unpaired) electrons. The zero-order chi connectivity index (χ0) is 16.2. The van der Waals surface area contributed by atoms with Crippen molar-refractivity contribution in [1.82, 2.24) is 0 Å². The first-order valence-corrected chi connectivity index (χ1v) is 8.18. The van der Waals surface area contributed by atoms with Crippen LogP contribution in [0.25, 0.3) is 0 Å². The molecule has 0 aliphatic rings. The number of alkyl halides is 1. The van der Waals surface area contributed by atoms with Gasteiger partial charge in [-0.3, -0.25) is 0 Å². The van der Waals surface area contributed by atoms with Crippen molar-refractivity contribution in [1.29, 1.82) is 0 Å². The molecule has 4 heteroatoms. The van der Waals surface area contributed by atoms with Gasteiger partial charge in [0.25, 0.3) is 0 Å². The molecule has 0 spiro atoms. The summed E-state index contributed by atoms with van der Waals surface area (Å²) in [7, 11) is 0. The van der Waals surface area contributed by atoms with Crippen molar-refractivity contribution in [3.8, 4) is 5.75 Å². The molecule has 0 amide bonds. The van der Waals surface area contributed by atoms with Crippen molar-refractivity contribution in [2.24, 2.45) is 0 Å². The standard InChI is InChI=1S/C18H19BrO3/c1-18(2,17(20)21)22-16-9-7-14(8-10-16)11-13-3-5-15(12-19)6-4-13/h3-10H,11-12H2,1-2H3,(H,20,21). The Labute approximate surface area is 139 Å². The highest BCUT2D eigenvalue weighted by Gasteiger charge is 2.29. The van der Waals surface area contributed by atoms with E-state index in [4.69, 9.17) is 9.84 Å². The molecule has 116 valence electrons. The Morgan fingerprint density at radius 3 is 1.91 bits per heavy atom. The van der Waals surface area contributed by atoms with Crippen LogP contribution in [-0.2, 0) is 16.5 Å². The van der Waals surface area contributed by atoms with Crippen molar-refractivity contribution >= 4 is 21.9 Å². The van der Waals surface area contributed by atoms with E-state index < -0.39 is 11.6 Å². The van der Waals surface area contributed by atoms with Crippen molar-refractivity contribution in [2.45, 2.75) is 31.2 Å². The number of hydrogen-bond donors (Lipinski definition) is 1. The van der Waals surface area contributed by atoms with E-state index in [1.165, 1.54) is 25.0 Å². The van der Waals surface area contributed by atoms with E-state index in [2.05, 4.69) is 40.2 Å². The normalized spacial score (nSPS) is 11.2. The number of rotatable bonds is 6. The zero-order valence-electron chi connectivity index (χ0n) is 12.7. The maximum atomic E-state index is 11.1. The Bertz CT molecular complexity index is 630. The number of halogens is 1. The topological polar surface area (TPSA) is 46.5 Å². The molecule has 1 N–H and O–H groups in total. The maximum Gasteiger partial charge on any atom is 0.347 e. The van der Waals surface area contributed by atoms with Crippen LogP contribution in [0.3, 0.4) is 0 Å². The minimum Gasteiger partial charge on any atom is -0.478 e. The smallest absolute Gasteiger partial charge is 0.347 e. The van der Waals surface area contributed by atoms with Crippen molar-refractivity contribution in [3.63, 3.8) is 0 Å². The lowest BCUT2D eigenvalue weighted by Gasteiger charge is -2.21. The second-order valence-corrected chi connectivity index (χ2v) is 6.25. The van der Waals surface area contributed by atoms with Crippen LogP contribution in [-0.4, -0.2) is 16.7 Å². The first-order valence-electron chi connectivity index (χ1n) is 7.06. The predicted octanol–water partition coefficient (Wildman–Crippen LogP) is 4.41. The first kappa shape index (κ1) is 16.6. The van der Waals surface area contributed by atoms with Crippen molar-refractivity contribution < 1.29 is 14.6 Å². The third kappa shape index (κ3) is 4.34. The molecular formula is C18H19BrO3. The molecule has 0 atom stereocenters. The molecule has 0 aromatic heterocycles. The summed E-state index contributed by atoms with van der Waals surface area (Å²) in [5.41, 5.74) is 2.42. The molecule has 22 heavy (non-hydrogen) atoms. The Morgan fingerprint density at radius 1 is 1.00 bits per heavy atom. The highest BCUT2D eigenvalue weighted by Crippen LogP contribution is 2.20. The fraction of sp³-hybridized carbons (Fsp3) is 0.278. The van der Waals surface area contributed by atoms with Gasteiger partial charge in [0.2, 0.25) is 0 Å². The van der Waals surface area contributed by atoms with Gasteiger partial charge in [-0.1, -0.05) is 52.3 Å². The van der Waals surface area contributed by atoms with E-state index in [9.17, 15) is 4.79 Å². The summed E-state index contributed by atoms with van der Waals surface area (Å²) in [6, 6.07) is 16.0. The third-order valence-corrected chi connectivity index (χ3v) is 4.04. The van der Waals surface area contributed by atoms with E-state index in [-0.39, 0.29) is 0 Å². The fourth-order valence-electron chi connectivity index (χ4n) is 2.00. The number of carboxylic acid groups (broad SMARTS) is 1. The van der Waals surface area contributed by atoms with Gasteiger partial charge in [0.05, 0.1) is 0 Å². The molecule has 0 unspecified atom stereocenters. The summed E-state index contributed by atoms with van der Waals surface area (Å²) >= 11 is 3.44. The summed E-state index contributed by atoms with van der Waals surface area (Å²) < 4.78 is 5.49. The lowest BCUT2D eigenvalue weighted by molar-refractivity contribution is -0.152. The highest BCUT2D eigenvalue weighted by molar-refractivity contribution is 9.08. The van der Waals surface area contributed by atoms with Crippen LogP contribution in [0.1, 0.15) is 30.5 Å². The number of ether oxygens (including phenoxy) is 1. The molecule has 2 rings (SSSR count). The number of benzene rings is 2. The molecule has 2 aromatic rings. The minimum atomic E-state index is -1.23. The summed E-state index contributed by atoms with van der Waals surface area (Å²) in [4.78, 5) is 11.1. The van der Waals surface area contributed by atoms with Crippen LogP contribution in [0.4, 0.5) is 0 Å². The summed E-state index contributed by atoms with van der Waals surface area (Å²) in [5, 5.41) is 9.93. The zero-order valence-corrected chi connectivity index (χ0v) is 14.3. The number of aliphatic carboxylic acids is 1. The van der Waals surface area contributed by atoms with E-state index in [0.717, 1.165) is 17.3 Å².